The van der Waals surface area contributed by atoms with Crippen molar-refractivity contribution >= 4 is 22.6 Å². The molecule has 0 unspecified atom stereocenters. The van der Waals surface area contributed by atoms with Gasteiger partial charge >= 0.3 is 0 Å². The van der Waals surface area contributed by atoms with Gasteiger partial charge < -0.3 is 9.47 Å². The van der Waals surface area contributed by atoms with Crippen LogP contribution in [0.2, 0.25) is 0 Å². The molecule has 4 aromatic rings. The van der Waals surface area contributed by atoms with Gasteiger partial charge in [-0.3, -0.25) is 4.79 Å². The largest absolute Gasteiger partial charge is 0.314 e. The van der Waals surface area contributed by atoms with Gasteiger partial charge in [0, 0.05) is 17.8 Å². The SMILES string of the molecule is CCN(C(=O)Cn1c(-c2ccc(C)cc2)nc2ccccc21)c1ccccc1. The summed E-state index contributed by atoms with van der Waals surface area (Å²) in [7, 11) is 0. The Kier molecular flexibility index (Phi) is 4.94. The molecular weight excluding hydrogens is 346 g/mol. The molecule has 140 valence electrons. The van der Waals surface area contributed by atoms with Gasteiger partial charge in [-0.1, -0.05) is 60.2 Å². The van der Waals surface area contributed by atoms with Crippen LogP contribution < -0.4 is 4.90 Å². The summed E-state index contributed by atoms with van der Waals surface area (Å²) in [5.74, 6) is 0.865. The van der Waals surface area contributed by atoms with Crippen molar-refractivity contribution in [1.29, 1.82) is 0 Å². The van der Waals surface area contributed by atoms with E-state index in [0.717, 1.165) is 28.1 Å². The molecule has 3 aromatic carbocycles. The number of carbonyl (C=O) groups is 1. The molecule has 1 heterocycles. The van der Waals surface area contributed by atoms with Gasteiger partial charge in [0.2, 0.25) is 5.91 Å². The molecule has 0 atom stereocenters. The summed E-state index contributed by atoms with van der Waals surface area (Å²) >= 11 is 0. The molecule has 4 heteroatoms. The maximum absolute atomic E-state index is 13.2. The van der Waals surface area contributed by atoms with Crippen LogP contribution >= 0.6 is 0 Å². The van der Waals surface area contributed by atoms with Gasteiger partial charge in [0.1, 0.15) is 12.4 Å². The molecule has 0 aliphatic rings. The Hall–Kier alpha value is -3.40. The number of para-hydroxylation sites is 3. The number of benzene rings is 3. The topological polar surface area (TPSA) is 38.1 Å². The van der Waals surface area contributed by atoms with Crippen LogP contribution in [-0.2, 0) is 11.3 Å². The summed E-state index contributed by atoms with van der Waals surface area (Å²) in [6.45, 7) is 4.93. The maximum Gasteiger partial charge on any atom is 0.246 e. The highest BCUT2D eigenvalue weighted by Crippen LogP contribution is 2.26. The van der Waals surface area contributed by atoms with Crippen LogP contribution in [0.15, 0.2) is 78.9 Å². The van der Waals surface area contributed by atoms with E-state index < -0.39 is 0 Å². The number of aromatic nitrogens is 2. The fourth-order valence-electron chi connectivity index (χ4n) is 3.49. The van der Waals surface area contributed by atoms with E-state index in [2.05, 4.69) is 31.2 Å². The summed E-state index contributed by atoms with van der Waals surface area (Å²) in [5, 5.41) is 0. The number of nitrogens with zero attached hydrogens (tertiary/aromatic N) is 3. The van der Waals surface area contributed by atoms with Crippen LogP contribution in [0, 0.1) is 6.92 Å². The molecular formula is C24H23N3O. The molecule has 0 aliphatic carbocycles. The standard InChI is InChI=1S/C24H23N3O/c1-3-26(20-9-5-4-6-10-20)23(28)17-27-22-12-8-7-11-21(22)25-24(27)19-15-13-18(2)14-16-19/h4-16H,3,17H2,1-2H3. The van der Waals surface area contributed by atoms with E-state index in [1.165, 1.54) is 5.56 Å². The van der Waals surface area contributed by atoms with Crippen molar-refractivity contribution in [3.63, 3.8) is 0 Å². The minimum Gasteiger partial charge on any atom is -0.314 e. The monoisotopic (exact) mass is 369 g/mol. The molecule has 28 heavy (non-hydrogen) atoms. The third-order valence-corrected chi connectivity index (χ3v) is 4.94. The number of carbonyl (C=O) groups excluding carboxylic acids is 1. The Morgan fingerprint density at radius 2 is 1.61 bits per heavy atom. The van der Waals surface area contributed by atoms with Crippen molar-refractivity contribution in [2.45, 2.75) is 20.4 Å². The number of aryl methyl sites for hydroxylation is 1. The van der Waals surface area contributed by atoms with Crippen LogP contribution in [0.5, 0.6) is 0 Å². The van der Waals surface area contributed by atoms with Gasteiger partial charge in [-0.2, -0.15) is 0 Å². The number of amides is 1. The predicted octanol–water partition coefficient (Wildman–Crippen LogP) is 5.06. The Morgan fingerprint density at radius 1 is 0.929 bits per heavy atom. The number of likely N-dealkylation sites (N-methyl/N-ethyl adjacent to an activating group) is 1. The van der Waals surface area contributed by atoms with E-state index in [9.17, 15) is 4.79 Å². The number of anilines is 1. The normalized spacial score (nSPS) is 10.9. The molecule has 0 fully saturated rings. The second-order valence-electron chi connectivity index (χ2n) is 6.85. The highest BCUT2D eigenvalue weighted by atomic mass is 16.2. The van der Waals surface area contributed by atoms with Crippen LogP contribution in [-0.4, -0.2) is 22.0 Å². The number of fused-ring (bicyclic) bond motifs is 1. The minimum atomic E-state index is 0.0465. The third kappa shape index (κ3) is 3.41. The Morgan fingerprint density at radius 3 is 2.32 bits per heavy atom. The molecule has 0 saturated carbocycles. The van der Waals surface area contributed by atoms with E-state index in [-0.39, 0.29) is 12.5 Å². The van der Waals surface area contributed by atoms with Crippen molar-refractivity contribution in [3.05, 3.63) is 84.4 Å². The lowest BCUT2D eigenvalue weighted by molar-refractivity contribution is -0.119. The van der Waals surface area contributed by atoms with Gasteiger partial charge in [0.05, 0.1) is 11.0 Å². The predicted molar refractivity (Wildman–Crippen MR) is 114 cm³/mol. The van der Waals surface area contributed by atoms with Crippen molar-refractivity contribution in [2.75, 3.05) is 11.4 Å². The summed E-state index contributed by atoms with van der Waals surface area (Å²) in [5.41, 5.74) is 4.99. The van der Waals surface area contributed by atoms with Crippen molar-refractivity contribution < 1.29 is 4.79 Å². The molecule has 0 aliphatic heterocycles. The van der Waals surface area contributed by atoms with Crippen LogP contribution in [0.4, 0.5) is 5.69 Å². The number of hydrogen-bond acceptors (Lipinski definition) is 2. The highest BCUT2D eigenvalue weighted by molar-refractivity contribution is 5.94. The van der Waals surface area contributed by atoms with Crippen molar-refractivity contribution in [2.24, 2.45) is 0 Å². The number of hydrogen-bond donors (Lipinski definition) is 0. The molecule has 0 saturated heterocycles. The fraction of sp³-hybridized carbons (Fsp3) is 0.167. The highest BCUT2D eigenvalue weighted by Gasteiger charge is 2.19. The van der Waals surface area contributed by atoms with Gasteiger partial charge in [0.15, 0.2) is 0 Å². The first-order chi connectivity index (χ1) is 13.7. The average Bonchev–Trinajstić information content (AvgIpc) is 3.08. The lowest BCUT2D eigenvalue weighted by atomic mass is 10.1. The first-order valence-corrected chi connectivity index (χ1v) is 9.55. The molecule has 1 aromatic heterocycles. The second kappa shape index (κ2) is 7.69. The molecule has 4 rings (SSSR count). The van der Waals surface area contributed by atoms with E-state index >= 15 is 0 Å². The van der Waals surface area contributed by atoms with E-state index in [4.69, 9.17) is 4.98 Å². The fourth-order valence-corrected chi connectivity index (χ4v) is 3.49. The van der Waals surface area contributed by atoms with Crippen LogP contribution in [0.3, 0.4) is 0 Å². The molecule has 0 spiro atoms. The lowest BCUT2D eigenvalue weighted by Gasteiger charge is -2.22. The minimum absolute atomic E-state index is 0.0465. The first-order valence-electron chi connectivity index (χ1n) is 9.55. The van der Waals surface area contributed by atoms with Crippen LogP contribution in [0.25, 0.3) is 22.4 Å². The van der Waals surface area contributed by atoms with Crippen molar-refractivity contribution in [3.8, 4) is 11.4 Å². The Labute approximate surface area is 165 Å². The lowest BCUT2D eigenvalue weighted by Crippen LogP contribution is -2.33. The zero-order valence-corrected chi connectivity index (χ0v) is 16.2. The quantitative estimate of drug-likeness (QED) is 0.493. The van der Waals surface area contributed by atoms with Gasteiger partial charge in [-0.05, 0) is 38.1 Å². The van der Waals surface area contributed by atoms with Crippen molar-refractivity contribution in [1.82, 2.24) is 9.55 Å². The summed E-state index contributed by atoms with van der Waals surface area (Å²) < 4.78 is 2.02. The van der Waals surface area contributed by atoms with E-state index in [0.29, 0.717) is 6.54 Å². The molecule has 4 nitrogen and oxygen atoms in total. The van der Waals surface area contributed by atoms with E-state index in [1.807, 2.05) is 71.0 Å². The number of imidazole rings is 1. The van der Waals surface area contributed by atoms with Gasteiger partial charge in [0.25, 0.3) is 0 Å². The second-order valence-corrected chi connectivity index (χ2v) is 6.85. The average molecular weight is 369 g/mol. The molecule has 0 bridgehead atoms. The maximum atomic E-state index is 13.2. The number of rotatable bonds is 5. The zero-order chi connectivity index (χ0) is 19.5. The molecule has 1 amide bonds. The smallest absolute Gasteiger partial charge is 0.246 e. The summed E-state index contributed by atoms with van der Waals surface area (Å²) in [6.07, 6.45) is 0. The van der Waals surface area contributed by atoms with Gasteiger partial charge in [-0.15, -0.1) is 0 Å². The summed E-state index contributed by atoms with van der Waals surface area (Å²) in [6, 6.07) is 26.0. The summed E-state index contributed by atoms with van der Waals surface area (Å²) in [4.78, 5) is 19.8. The molecule has 0 radical (unpaired) electrons. The molecule has 0 N–H and O–H groups in total. The zero-order valence-electron chi connectivity index (χ0n) is 16.2. The Bertz CT molecular complexity index is 1100. The Balaban J connectivity index is 1.76. The van der Waals surface area contributed by atoms with E-state index in [1.54, 1.807) is 0 Å². The first kappa shape index (κ1) is 18.0. The third-order valence-electron chi connectivity index (χ3n) is 4.94. The van der Waals surface area contributed by atoms with Gasteiger partial charge in [-0.25, -0.2) is 4.98 Å². The van der Waals surface area contributed by atoms with Crippen LogP contribution in [0.1, 0.15) is 12.5 Å².